The summed E-state index contributed by atoms with van der Waals surface area (Å²) in [4.78, 5) is 16.2. The maximum Gasteiger partial charge on any atom is 0.413 e. The number of ether oxygens (including phenoxy) is 1. The molecule has 4 nitrogen and oxygen atoms in total. The van der Waals surface area contributed by atoms with Gasteiger partial charge in [-0.2, -0.15) is 0 Å². The number of rotatable bonds is 2. The summed E-state index contributed by atoms with van der Waals surface area (Å²) >= 11 is 0. The molecule has 0 aromatic carbocycles. The van der Waals surface area contributed by atoms with Crippen molar-refractivity contribution in [1.29, 1.82) is 0 Å². The molecule has 0 fully saturated rings. The second kappa shape index (κ2) is 5.81. The van der Waals surface area contributed by atoms with Gasteiger partial charge in [-0.3, -0.25) is 5.32 Å². The van der Waals surface area contributed by atoms with Crippen molar-refractivity contribution < 1.29 is 9.53 Å². The average Bonchev–Trinajstić information content (AvgIpc) is 2.24. The van der Waals surface area contributed by atoms with Gasteiger partial charge in [0.25, 0.3) is 0 Å². The predicted octanol–water partition coefficient (Wildman–Crippen LogP) is 4.58. The van der Waals surface area contributed by atoms with Crippen molar-refractivity contribution in [2.75, 3.05) is 5.32 Å². The van der Waals surface area contributed by atoms with Crippen LogP contribution in [0, 0.1) is 5.41 Å². The molecule has 0 saturated heterocycles. The van der Waals surface area contributed by atoms with E-state index in [4.69, 9.17) is 4.74 Å². The molecule has 112 valence electrons. The standard InChI is InChI=1S/C16H26N2O2/c1-11(15(2,3)4)12-9-8-10-13(17-12)18-14(19)20-16(5,6)7/h8-11H,1-7H3,(H,17,18,19). The third-order valence-electron chi connectivity index (χ3n) is 3.14. The van der Waals surface area contributed by atoms with Crippen molar-refractivity contribution in [2.24, 2.45) is 5.41 Å². The zero-order valence-corrected chi connectivity index (χ0v) is 13.6. The number of amides is 1. The summed E-state index contributed by atoms with van der Waals surface area (Å²) in [5, 5.41) is 2.67. The van der Waals surface area contributed by atoms with E-state index in [0.717, 1.165) is 5.69 Å². The highest BCUT2D eigenvalue weighted by Gasteiger charge is 2.23. The summed E-state index contributed by atoms with van der Waals surface area (Å²) in [6.07, 6.45) is -0.481. The fourth-order valence-electron chi connectivity index (χ4n) is 1.61. The summed E-state index contributed by atoms with van der Waals surface area (Å²) in [6.45, 7) is 14.2. The summed E-state index contributed by atoms with van der Waals surface area (Å²) in [7, 11) is 0. The lowest BCUT2D eigenvalue weighted by atomic mass is 9.80. The lowest BCUT2D eigenvalue weighted by Gasteiger charge is -2.27. The van der Waals surface area contributed by atoms with Gasteiger partial charge in [0.1, 0.15) is 11.4 Å². The van der Waals surface area contributed by atoms with E-state index in [9.17, 15) is 4.79 Å². The minimum atomic E-state index is -0.513. The second-order valence-corrected chi connectivity index (χ2v) is 7.16. The monoisotopic (exact) mass is 278 g/mol. The van der Waals surface area contributed by atoms with Crippen LogP contribution in [0.25, 0.3) is 0 Å². The third kappa shape index (κ3) is 5.19. The number of carbonyl (C=O) groups excluding carboxylic acids is 1. The highest BCUT2D eigenvalue weighted by molar-refractivity contribution is 5.83. The van der Waals surface area contributed by atoms with Gasteiger partial charge in [0.2, 0.25) is 0 Å². The van der Waals surface area contributed by atoms with Crippen molar-refractivity contribution in [3.8, 4) is 0 Å². The molecule has 0 aliphatic rings. The maximum atomic E-state index is 11.7. The molecule has 1 atom stereocenters. The molecule has 1 unspecified atom stereocenters. The van der Waals surface area contributed by atoms with Crippen LogP contribution in [0.4, 0.5) is 10.6 Å². The van der Waals surface area contributed by atoms with E-state index < -0.39 is 11.7 Å². The maximum absolute atomic E-state index is 11.7. The summed E-state index contributed by atoms with van der Waals surface area (Å²) in [6, 6.07) is 5.65. The summed E-state index contributed by atoms with van der Waals surface area (Å²) in [5.41, 5.74) is 0.573. The van der Waals surface area contributed by atoms with Gasteiger partial charge in [-0.05, 0) is 38.3 Å². The van der Waals surface area contributed by atoms with Crippen molar-refractivity contribution in [1.82, 2.24) is 4.98 Å². The molecule has 1 aromatic heterocycles. The fraction of sp³-hybridized carbons (Fsp3) is 0.625. The van der Waals surface area contributed by atoms with Crippen LogP contribution in [0.15, 0.2) is 18.2 Å². The molecule has 1 heterocycles. The Morgan fingerprint density at radius 1 is 1.20 bits per heavy atom. The Labute approximate surface area is 121 Å². The van der Waals surface area contributed by atoms with E-state index in [1.807, 2.05) is 32.9 Å². The largest absolute Gasteiger partial charge is 0.444 e. The summed E-state index contributed by atoms with van der Waals surface area (Å²) < 4.78 is 5.22. The van der Waals surface area contributed by atoms with Gasteiger partial charge in [0.05, 0.1) is 0 Å². The number of hydrogen-bond donors (Lipinski definition) is 1. The third-order valence-corrected chi connectivity index (χ3v) is 3.14. The highest BCUT2D eigenvalue weighted by atomic mass is 16.6. The SMILES string of the molecule is CC(c1cccc(NC(=O)OC(C)(C)C)n1)C(C)(C)C. The van der Waals surface area contributed by atoms with E-state index in [-0.39, 0.29) is 5.41 Å². The molecule has 1 aromatic rings. The first kappa shape index (κ1) is 16.5. The van der Waals surface area contributed by atoms with Crippen molar-refractivity contribution in [3.05, 3.63) is 23.9 Å². The van der Waals surface area contributed by atoms with Crippen LogP contribution in [-0.4, -0.2) is 16.7 Å². The molecule has 0 spiro atoms. The lowest BCUT2D eigenvalue weighted by Crippen LogP contribution is -2.27. The number of carbonyl (C=O) groups is 1. The van der Waals surface area contributed by atoms with Crippen molar-refractivity contribution in [3.63, 3.8) is 0 Å². The topological polar surface area (TPSA) is 51.2 Å². The minimum absolute atomic E-state index is 0.123. The van der Waals surface area contributed by atoms with E-state index in [1.54, 1.807) is 6.07 Å². The molecule has 20 heavy (non-hydrogen) atoms. The lowest BCUT2D eigenvalue weighted by molar-refractivity contribution is 0.0635. The number of pyridine rings is 1. The van der Waals surface area contributed by atoms with Crippen molar-refractivity contribution >= 4 is 11.9 Å². The van der Waals surface area contributed by atoms with Gasteiger partial charge in [0, 0.05) is 11.6 Å². The quantitative estimate of drug-likeness (QED) is 0.861. The van der Waals surface area contributed by atoms with E-state index >= 15 is 0 Å². The van der Waals surface area contributed by atoms with Gasteiger partial charge < -0.3 is 4.74 Å². The number of nitrogens with zero attached hydrogens (tertiary/aromatic N) is 1. The van der Waals surface area contributed by atoms with Crippen LogP contribution in [0.3, 0.4) is 0 Å². The molecule has 1 rings (SSSR count). The van der Waals surface area contributed by atoms with Crippen LogP contribution >= 0.6 is 0 Å². The van der Waals surface area contributed by atoms with Crippen LogP contribution in [0.1, 0.15) is 60.1 Å². The van der Waals surface area contributed by atoms with Crippen LogP contribution in [0.5, 0.6) is 0 Å². The Bertz CT molecular complexity index is 470. The first-order chi connectivity index (χ1) is 8.99. The molecule has 0 saturated carbocycles. The first-order valence-corrected chi connectivity index (χ1v) is 6.96. The second-order valence-electron chi connectivity index (χ2n) is 7.16. The molecule has 1 N–H and O–H groups in total. The van der Waals surface area contributed by atoms with Gasteiger partial charge >= 0.3 is 6.09 Å². The number of nitrogens with one attached hydrogen (secondary N) is 1. The molecule has 0 aliphatic heterocycles. The van der Waals surface area contributed by atoms with Gasteiger partial charge in [-0.25, -0.2) is 9.78 Å². The van der Waals surface area contributed by atoms with E-state index in [2.05, 4.69) is 38.0 Å². The van der Waals surface area contributed by atoms with Gasteiger partial charge in [-0.15, -0.1) is 0 Å². The van der Waals surface area contributed by atoms with E-state index in [0.29, 0.717) is 11.7 Å². The molecule has 1 amide bonds. The molecule has 0 radical (unpaired) electrons. The average molecular weight is 278 g/mol. The van der Waals surface area contributed by atoms with Crippen LogP contribution in [-0.2, 0) is 4.74 Å². The normalized spacial score (nSPS) is 13.8. The highest BCUT2D eigenvalue weighted by Crippen LogP contribution is 2.33. The smallest absolute Gasteiger partial charge is 0.413 e. The Hall–Kier alpha value is -1.58. The Morgan fingerprint density at radius 2 is 1.80 bits per heavy atom. The van der Waals surface area contributed by atoms with Crippen LogP contribution in [0.2, 0.25) is 0 Å². The molecule has 0 bridgehead atoms. The van der Waals surface area contributed by atoms with E-state index in [1.165, 1.54) is 0 Å². The minimum Gasteiger partial charge on any atom is -0.444 e. The number of aromatic nitrogens is 1. The van der Waals surface area contributed by atoms with Gasteiger partial charge in [0.15, 0.2) is 0 Å². The zero-order chi connectivity index (χ0) is 15.6. The predicted molar refractivity (Wildman–Crippen MR) is 82.0 cm³/mol. The Morgan fingerprint density at radius 3 is 2.30 bits per heavy atom. The zero-order valence-electron chi connectivity index (χ0n) is 13.6. The van der Waals surface area contributed by atoms with Crippen molar-refractivity contribution in [2.45, 2.75) is 60.0 Å². The molecular formula is C16H26N2O2. The molecular weight excluding hydrogens is 252 g/mol. The summed E-state index contributed by atoms with van der Waals surface area (Å²) in [5.74, 6) is 0.815. The Kier molecular flexibility index (Phi) is 4.79. The first-order valence-electron chi connectivity index (χ1n) is 6.96. The fourth-order valence-corrected chi connectivity index (χ4v) is 1.61. The number of anilines is 1. The number of hydrogen-bond acceptors (Lipinski definition) is 3. The Balaban J connectivity index is 2.82. The molecule has 4 heteroatoms. The molecule has 0 aliphatic carbocycles. The van der Waals surface area contributed by atoms with Gasteiger partial charge in [-0.1, -0.05) is 33.8 Å². The van der Waals surface area contributed by atoms with Crippen LogP contribution < -0.4 is 5.32 Å².